The van der Waals surface area contributed by atoms with Gasteiger partial charge in [0.25, 0.3) is 0 Å². The van der Waals surface area contributed by atoms with E-state index < -0.39 is 20.5 Å². The first-order chi connectivity index (χ1) is 16.5. The molecule has 0 heterocycles. The molecule has 174 valence electrons. The second-order valence-electron chi connectivity index (χ2n) is 8.67. The maximum Gasteiger partial charge on any atom is 0.320 e. The first-order valence-corrected chi connectivity index (χ1v) is 12.8. The molecule has 0 saturated heterocycles. The summed E-state index contributed by atoms with van der Waals surface area (Å²) in [6, 6.07) is 32.2. The molecule has 0 aromatic heterocycles. The molecule has 0 spiro atoms. The van der Waals surface area contributed by atoms with Gasteiger partial charge in [0.15, 0.2) is 0 Å². The summed E-state index contributed by atoms with van der Waals surface area (Å²) in [5.41, 5.74) is 8.29. The first kappa shape index (κ1) is 24.2. The van der Waals surface area contributed by atoms with E-state index in [1.165, 1.54) is 0 Å². The fourth-order valence-corrected chi connectivity index (χ4v) is 5.28. The summed E-state index contributed by atoms with van der Waals surface area (Å²) in [5, 5.41) is 0. The van der Waals surface area contributed by atoms with Gasteiger partial charge in [0.2, 0.25) is 0 Å². The first-order valence-electron chi connectivity index (χ1n) is 11.5. The smallest absolute Gasteiger partial charge is 0.298 e. The molecule has 0 saturated carbocycles. The number of benzene rings is 4. The molecule has 0 aliphatic rings. The Balaban J connectivity index is 1.70. The monoisotopic (exact) mass is 470 g/mol. The second kappa shape index (κ2) is 11.0. The number of aryl methyl sites for hydroxylation is 4. The van der Waals surface area contributed by atoms with Crippen molar-refractivity contribution in [1.29, 1.82) is 0 Å². The molecule has 3 nitrogen and oxygen atoms in total. The minimum atomic E-state index is -2.89. The zero-order chi connectivity index (χ0) is 24.1. The molecule has 4 heteroatoms. The fraction of sp³-hybridized carbons (Fsp3) is 0.200. The van der Waals surface area contributed by atoms with E-state index in [1.807, 2.05) is 125 Å². The van der Waals surface area contributed by atoms with Gasteiger partial charge in [-0.25, -0.2) is 0 Å². The molecule has 0 unspecified atom stereocenters. The van der Waals surface area contributed by atoms with Gasteiger partial charge in [0.05, 0.1) is 0 Å². The van der Waals surface area contributed by atoms with Crippen molar-refractivity contribution in [3.05, 3.63) is 142 Å². The molecule has 0 amide bonds. The Kier molecular flexibility index (Phi) is 7.80. The SMILES string of the molecule is Cc1ccccc1C(O[PH](=O)OC(c1ccccc1C)c1ccccc1C)c1ccccc1C. The predicted molar refractivity (Wildman–Crippen MR) is 140 cm³/mol. The second-order valence-corrected chi connectivity index (χ2v) is 9.64. The highest BCUT2D eigenvalue weighted by atomic mass is 31.1. The molecule has 4 aromatic rings. The van der Waals surface area contributed by atoms with Crippen molar-refractivity contribution in [2.24, 2.45) is 0 Å². The lowest BCUT2D eigenvalue weighted by Crippen LogP contribution is -2.10. The molecule has 0 aliphatic heterocycles. The van der Waals surface area contributed by atoms with Crippen molar-refractivity contribution in [3.8, 4) is 0 Å². The maximum atomic E-state index is 13.5. The van der Waals surface area contributed by atoms with Gasteiger partial charge in [0.1, 0.15) is 12.2 Å². The highest BCUT2D eigenvalue weighted by Gasteiger charge is 2.26. The van der Waals surface area contributed by atoms with Gasteiger partial charge in [-0.1, -0.05) is 97.1 Å². The van der Waals surface area contributed by atoms with Crippen molar-refractivity contribution >= 4 is 8.25 Å². The normalized spacial score (nSPS) is 11.5. The van der Waals surface area contributed by atoms with Gasteiger partial charge in [-0.3, -0.25) is 13.6 Å². The van der Waals surface area contributed by atoms with Crippen LogP contribution in [0, 0.1) is 27.7 Å². The number of rotatable bonds is 8. The summed E-state index contributed by atoms with van der Waals surface area (Å²) in [7, 11) is -2.89. The van der Waals surface area contributed by atoms with E-state index in [-0.39, 0.29) is 0 Å². The van der Waals surface area contributed by atoms with Gasteiger partial charge in [-0.2, -0.15) is 0 Å². The Morgan fingerprint density at radius 3 is 0.941 bits per heavy atom. The molecule has 0 radical (unpaired) electrons. The zero-order valence-electron chi connectivity index (χ0n) is 20.1. The summed E-state index contributed by atoms with van der Waals surface area (Å²) < 4.78 is 26.1. The van der Waals surface area contributed by atoms with Crippen LogP contribution in [0.1, 0.15) is 56.7 Å². The Hall–Kier alpha value is -2.97. The Morgan fingerprint density at radius 1 is 0.471 bits per heavy atom. The molecular weight excluding hydrogens is 439 g/mol. The Bertz CT molecular complexity index is 1110. The van der Waals surface area contributed by atoms with Gasteiger partial charge in [-0.05, 0) is 72.2 Å². The minimum Gasteiger partial charge on any atom is -0.298 e. The third-order valence-corrected chi connectivity index (χ3v) is 7.17. The van der Waals surface area contributed by atoms with E-state index in [9.17, 15) is 4.57 Å². The van der Waals surface area contributed by atoms with Crippen molar-refractivity contribution in [2.45, 2.75) is 39.9 Å². The van der Waals surface area contributed by atoms with E-state index in [0.717, 1.165) is 44.5 Å². The molecule has 34 heavy (non-hydrogen) atoms. The molecule has 0 fully saturated rings. The standard InChI is InChI=1S/C30H31O3P/c1-21-13-5-9-17-25(21)29(26-18-10-6-14-22(26)2)32-34(31)33-30(27-19-11-7-15-23(27)3)28-20-12-8-16-24(28)4/h5-20,29-30,34H,1-4H3. The van der Waals surface area contributed by atoms with Crippen LogP contribution >= 0.6 is 8.25 Å². The third kappa shape index (κ3) is 5.39. The average Bonchev–Trinajstić information content (AvgIpc) is 2.83. The Morgan fingerprint density at radius 2 is 0.706 bits per heavy atom. The van der Waals surface area contributed by atoms with Crippen molar-refractivity contribution in [1.82, 2.24) is 0 Å². The topological polar surface area (TPSA) is 35.5 Å². The van der Waals surface area contributed by atoms with Crippen molar-refractivity contribution < 1.29 is 13.6 Å². The molecule has 4 rings (SSSR count). The summed E-state index contributed by atoms with van der Waals surface area (Å²) in [6.45, 7) is 8.19. The van der Waals surface area contributed by atoms with E-state index in [2.05, 4.69) is 0 Å². The largest absolute Gasteiger partial charge is 0.320 e. The molecule has 0 N–H and O–H groups in total. The fourth-order valence-electron chi connectivity index (χ4n) is 4.33. The highest BCUT2D eigenvalue weighted by Crippen LogP contribution is 2.45. The van der Waals surface area contributed by atoms with Gasteiger partial charge >= 0.3 is 8.25 Å². The lowest BCUT2D eigenvalue weighted by Gasteiger charge is -2.25. The number of hydrogen-bond donors (Lipinski definition) is 0. The predicted octanol–water partition coefficient (Wildman–Crippen LogP) is 8.22. The summed E-state index contributed by atoms with van der Waals surface area (Å²) in [5.74, 6) is 0. The summed E-state index contributed by atoms with van der Waals surface area (Å²) in [6.07, 6.45) is -0.966. The minimum absolute atomic E-state index is 0.483. The van der Waals surface area contributed by atoms with E-state index in [0.29, 0.717) is 0 Å². The van der Waals surface area contributed by atoms with E-state index >= 15 is 0 Å². The van der Waals surface area contributed by atoms with Crippen LogP contribution in [0.15, 0.2) is 97.1 Å². The third-order valence-electron chi connectivity index (χ3n) is 6.31. The highest BCUT2D eigenvalue weighted by molar-refractivity contribution is 7.33. The van der Waals surface area contributed by atoms with Crippen LogP contribution in [0.2, 0.25) is 0 Å². The van der Waals surface area contributed by atoms with Crippen LogP contribution in [0.5, 0.6) is 0 Å². The maximum absolute atomic E-state index is 13.5. The lowest BCUT2D eigenvalue weighted by molar-refractivity contribution is 0.162. The molecular formula is C30H31O3P. The average molecular weight is 471 g/mol. The molecule has 4 aromatic carbocycles. The van der Waals surface area contributed by atoms with Gasteiger partial charge < -0.3 is 0 Å². The van der Waals surface area contributed by atoms with Crippen LogP contribution in [-0.2, 0) is 13.6 Å². The quantitative estimate of drug-likeness (QED) is 0.243. The molecule has 0 bridgehead atoms. The molecule has 0 aliphatic carbocycles. The van der Waals surface area contributed by atoms with Crippen molar-refractivity contribution in [3.63, 3.8) is 0 Å². The van der Waals surface area contributed by atoms with Crippen LogP contribution in [-0.4, -0.2) is 0 Å². The Labute approximate surface area is 203 Å². The van der Waals surface area contributed by atoms with Gasteiger partial charge in [-0.15, -0.1) is 0 Å². The van der Waals surface area contributed by atoms with Crippen LogP contribution in [0.4, 0.5) is 0 Å². The summed E-state index contributed by atoms with van der Waals surface area (Å²) >= 11 is 0. The van der Waals surface area contributed by atoms with E-state index in [1.54, 1.807) is 0 Å². The van der Waals surface area contributed by atoms with Crippen LogP contribution < -0.4 is 0 Å². The van der Waals surface area contributed by atoms with Crippen LogP contribution in [0.3, 0.4) is 0 Å². The zero-order valence-corrected chi connectivity index (χ0v) is 21.1. The number of hydrogen-bond acceptors (Lipinski definition) is 3. The van der Waals surface area contributed by atoms with Crippen molar-refractivity contribution in [2.75, 3.05) is 0 Å². The summed E-state index contributed by atoms with van der Waals surface area (Å²) in [4.78, 5) is 0. The van der Waals surface area contributed by atoms with E-state index in [4.69, 9.17) is 9.05 Å². The van der Waals surface area contributed by atoms with Crippen LogP contribution in [0.25, 0.3) is 0 Å². The van der Waals surface area contributed by atoms with Gasteiger partial charge in [0, 0.05) is 0 Å². The molecule has 0 atom stereocenters. The lowest BCUT2D eigenvalue weighted by atomic mass is 9.95.